The second-order valence-electron chi connectivity index (χ2n) is 5.00. The molecular formula is C13H20ClN3. The average molecular weight is 254 g/mol. The van der Waals surface area contributed by atoms with Gasteiger partial charge in [-0.2, -0.15) is 0 Å². The smallest absolute Gasteiger partial charge is 0.134 e. The number of aromatic nitrogens is 2. The maximum atomic E-state index is 6.05. The van der Waals surface area contributed by atoms with Gasteiger partial charge in [0.25, 0.3) is 0 Å². The molecule has 2 heterocycles. The van der Waals surface area contributed by atoms with Gasteiger partial charge in [-0.15, -0.1) is 0 Å². The molecule has 3 nitrogen and oxygen atoms in total. The van der Waals surface area contributed by atoms with Crippen molar-refractivity contribution >= 4 is 17.4 Å². The van der Waals surface area contributed by atoms with Crippen molar-refractivity contribution in [2.24, 2.45) is 5.92 Å². The molecule has 2 atom stereocenters. The first kappa shape index (κ1) is 12.6. The van der Waals surface area contributed by atoms with Crippen LogP contribution in [0.25, 0.3) is 0 Å². The van der Waals surface area contributed by atoms with E-state index in [1.807, 2.05) is 6.07 Å². The number of nitrogens with zero attached hydrogens (tertiary/aromatic N) is 3. The molecule has 17 heavy (non-hydrogen) atoms. The first-order valence-corrected chi connectivity index (χ1v) is 6.78. The fourth-order valence-electron chi connectivity index (χ4n) is 2.36. The number of piperidine rings is 1. The van der Waals surface area contributed by atoms with Crippen molar-refractivity contribution in [3.8, 4) is 0 Å². The van der Waals surface area contributed by atoms with Gasteiger partial charge in [-0.25, -0.2) is 9.97 Å². The molecule has 2 unspecified atom stereocenters. The van der Waals surface area contributed by atoms with E-state index in [4.69, 9.17) is 11.6 Å². The summed E-state index contributed by atoms with van der Waals surface area (Å²) in [7, 11) is 0. The molecule has 1 aromatic heterocycles. The normalized spacial score (nSPS) is 25.1. The molecule has 0 aliphatic carbocycles. The Balaban J connectivity index is 2.28. The van der Waals surface area contributed by atoms with Crippen molar-refractivity contribution < 1.29 is 0 Å². The predicted molar refractivity (Wildman–Crippen MR) is 71.6 cm³/mol. The van der Waals surface area contributed by atoms with Crippen LogP contribution in [-0.4, -0.2) is 22.6 Å². The molecule has 1 aromatic rings. The lowest BCUT2D eigenvalue weighted by molar-refractivity contribution is 0.388. The summed E-state index contributed by atoms with van der Waals surface area (Å²) < 4.78 is 0. The Bertz CT molecular complexity index is 394. The minimum atomic E-state index is 0.543. The first-order chi connectivity index (χ1) is 8.10. The molecule has 4 heteroatoms. The Hall–Kier alpha value is -0.830. The van der Waals surface area contributed by atoms with E-state index in [-0.39, 0.29) is 0 Å². The molecule has 0 N–H and O–H groups in total. The summed E-state index contributed by atoms with van der Waals surface area (Å²) in [5.41, 5.74) is 0. The van der Waals surface area contributed by atoms with Crippen LogP contribution in [0.5, 0.6) is 0 Å². The van der Waals surface area contributed by atoms with Gasteiger partial charge < -0.3 is 4.90 Å². The zero-order chi connectivity index (χ0) is 12.4. The van der Waals surface area contributed by atoms with Gasteiger partial charge in [-0.05, 0) is 25.7 Å². The lowest BCUT2D eigenvalue weighted by Crippen LogP contribution is -2.41. The van der Waals surface area contributed by atoms with Gasteiger partial charge in [0.2, 0.25) is 0 Å². The van der Waals surface area contributed by atoms with Crippen LogP contribution in [0.1, 0.15) is 39.4 Å². The van der Waals surface area contributed by atoms with E-state index in [9.17, 15) is 0 Å². The number of aryl methyl sites for hydroxylation is 1. The lowest BCUT2D eigenvalue weighted by Gasteiger charge is -2.37. The van der Waals surface area contributed by atoms with E-state index in [1.54, 1.807) is 0 Å². The standard InChI is InChI=1S/C13H20ClN3/c1-4-12-15-11(14)7-13(16-12)17-8-9(2)5-6-10(17)3/h7,9-10H,4-6,8H2,1-3H3. The third-order valence-electron chi connectivity index (χ3n) is 3.46. The first-order valence-electron chi connectivity index (χ1n) is 6.40. The fraction of sp³-hybridized carbons (Fsp3) is 0.692. The average Bonchev–Trinajstić information content (AvgIpc) is 2.31. The molecule has 1 fully saturated rings. The molecular weight excluding hydrogens is 234 g/mol. The number of hydrogen-bond acceptors (Lipinski definition) is 3. The Kier molecular flexibility index (Phi) is 3.87. The highest BCUT2D eigenvalue weighted by atomic mass is 35.5. The number of rotatable bonds is 2. The lowest BCUT2D eigenvalue weighted by atomic mass is 9.95. The van der Waals surface area contributed by atoms with E-state index in [1.165, 1.54) is 12.8 Å². The van der Waals surface area contributed by atoms with Crippen molar-refractivity contribution in [1.29, 1.82) is 0 Å². The Morgan fingerprint density at radius 2 is 2.12 bits per heavy atom. The van der Waals surface area contributed by atoms with Gasteiger partial charge in [0.05, 0.1) is 0 Å². The summed E-state index contributed by atoms with van der Waals surface area (Å²) in [6.07, 6.45) is 3.35. The van der Waals surface area contributed by atoms with Crippen LogP contribution in [0.3, 0.4) is 0 Å². The highest BCUT2D eigenvalue weighted by Gasteiger charge is 2.24. The molecule has 1 aliphatic heterocycles. The molecule has 1 saturated heterocycles. The molecule has 0 aromatic carbocycles. The maximum absolute atomic E-state index is 6.05. The topological polar surface area (TPSA) is 29.0 Å². The quantitative estimate of drug-likeness (QED) is 0.758. The summed E-state index contributed by atoms with van der Waals surface area (Å²) in [6, 6.07) is 2.43. The van der Waals surface area contributed by atoms with E-state index < -0.39 is 0 Å². The van der Waals surface area contributed by atoms with Crippen molar-refractivity contribution in [3.63, 3.8) is 0 Å². The minimum Gasteiger partial charge on any atom is -0.353 e. The molecule has 0 saturated carbocycles. The van der Waals surface area contributed by atoms with Crippen LogP contribution >= 0.6 is 11.6 Å². The second kappa shape index (κ2) is 5.21. The monoisotopic (exact) mass is 253 g/mol. The molecule has 0 bridgehead atoms. The number of halogens is 1. The molecule has 0 spiro atoms. The molecule has 0 radical (unpaired) electrons. The Labute approximate surface area is 108 Å². The van der Waals surface area contributed by atoms with Gasteiger partial charge in [-0.3, -0.25) is 0 Å². The van der Waals surface area contributed by atoms with Gasteiger partial charge in [0.15, 0.2) is 0 Å². The molecule has 2 rings (SSSR count). The van der Waals surface area contributed by atoms with Gasteiger partial charge >= 0.3 is 0 Å². The molecule has 0 amide bonds. The highest BCUT2D eigenvalue weighted by Crippen LogP contribution is 2.27. The molecule has 1 aliphatic rings. The Morgan fingerprint density at radius 3 is 2.82 bits per heavy atom. The SMILES string of the molecule is CCc1nc(Cl)cc(N2CC(C)CCC2C)n1. The zero-order valence-corrected chi connectivity index (χ0v) is 11.5. The number of hydrogen-bond donors (Lipinski definition) is 0. The highest BCUT2D eigenvalue weighted by molar-refractivity contribution is 6.29. The van der Waals surface area contributed by atoms with Crippen LogP contribution in [0.15, 0.2) is 6.07 Å². The van der Waals surface area contributed by atoms with Crippen molar-refractivity contribution in [2.75, 3.05) is 11.4 Å². The van der Waals surface area contributed by atoms with E-state index in [0.717, 1.165) is 30.5 Å². The van der Waals surface area contributed by atoms with Crippen LogP contribution in [-0.2, 0) is 6.42 Å². The summed E-state index contributed by atoms with van der Waals surface area (Å²) in [6.45, 7) is 7.67. The summed E-state index contributed by atoms with van der Waals surface area (Å²) >= 11 is 6.05. The van der Waals surface area contributed by atoms with Crippen molar-refractivity contribution in [1.82, 2.24) is 9.97 Å². The van der Waals surface area contributed by atoms with E-state index in [0.29, 0.717) is 11.2 Å². The fourth-order valence-corrected chi connectivity index (χ4v) is 2.56. The van der Waals surface area contributed by atoms with Crippen LogP contribution < -0.4 is 4.90 Å². The van der Waals surface area contributed by atoms with Crippen LogP contribution in [0, 0.1) is 5.92 Å². The maximum Gasteiger partial charge on any atom is 0.134 e. The van der Waals surface area contributed by atoms with Crippen molar-refractivity contribution in [2.45, 2.75) is 46.1 Å². The van der Waals surface area contributed by atoms with Gasteiger partial charge in [0, 0.05) is 25.1 Å². The molecule has 94 valence electrons. The number of anilines is 1. The van der Waals surface area contributed by atoms with E-state index in [2.05, 4.69) is 35.6 Å². The van der Waals surface area contributed by atoms with Crippen LogP contribution in [0.2, 0.25) is 5.15 Å². The summed E-state index contributed by atoms with van der Waals surface area (Å²) in [5.74, 6) is 2.55. The second-order valence-corrected chi connectivity index (χ2v) is 5.39. The van der Waals surface area contributed by atoms with E-state index >= 15 is 0 Å². The van der Waals surface area contributed by atoms with Crippen LogP contribution in [0.4, 0.5) is 5.82 Å². The largest absolute Gasteiger partial charge is 0.353 e. The third-order valence-corrected chi connectivity index (χ3v) is 3.65. The predicted octanol–water partition coefficient (Wildman–Crippen LogP) is 3.32. The van der Waals surface area contributed by atoms with Gasteiger partial charge in [0.1, 0.15) is 16.8 Å². The summed E-state index contributed by atoms with van der Waals surface area (Å²) in [5, 5.41) is 0.553. The third kappa shape index (κ3) is 2.89. The minimum absolute atomic E-state index is 0.543. The van der Waals surface area contributed by atoms with Gasteiger partial charge in [-0.1, -0.05) is 25.4 Å². The zero-order valence-electron chi connectivity index (χ0n) is 10.8. The summed E-state index contributed by atoms with van der Waals surface area (Å²) in [4.78, 5) is 11.2. The van der Waals surface area contributed by atoms with Crippen molar-refractivity contribution in [3.05, 3.63) is 17.0 Å². The Morgan fingerprint density at radius 1 is 1.35 bits per heavy atom.